The lowest BCUT2D eigenvalue weighted by atomic mass is 10.0. The van der Waals surface area contributed by atoms with Gasteiger partial charge in [0.15, 0.2) is 0 Å². The van der Waals surface area contributed by atoms with E-state index < -0.39 is 0 Å². The Hall–Kier alpha value is -0.900. The number of nitrogens with zero attached hydrogens (tertiary/aromatic N) is 1. The normalized spacial score (nSPS) is 25.4. The number of aliphatic hydroxyl groups is 2. The maximum Gasteiger partial charge on any atom is 0.0683 e. The Labute approximate surface area is 103 Å². The van der Waals surface area contributed by atoms with E-state index in [0.717, 1.165) is 13.0 Å². The summed E-state index contributed by atoms with van der Waals surface area (Å²) in [6.07, 6.45) is 1.42. The number of hydrogen-bond donors (Lipinski definition) is 2. The van der Waals surface area contributed by atoms with Crippen LogP contribution in [0, 0.1) is 0 Å². The van der Waals surface area contributed by atoms with Gasteiger partial charge in [0.05, 0.1) is 12.7 Å². The summed E-state index contributed by atoms with van der Waals surface area (Å²) in [6, 6.07) is 8.50. The molecule has 0 amide bonds. The van der Waals surface area contributed by atoms with Gasteiger partial charge in [0.2, 0.25) is 0 Å². The third kappa shape index (κ3) is 2.86. The molecule has 0 aliphatic carbocycles. The summed E-state index contributed by atoms with van der Waals surface area (Å²) in [5, 5.41) is 19.0. The van der Waals surface area contributed by atoms with E-state index in [1.54, 1.807) is 0 Å². The third-order valence-corrected chi connectivity index (χ3v) is 3.59. The Morgan fingerprint density at radius 3 is 2.65 bits per heavy atom. The topological polar surface area (TPSA) is 43.7 Å². The Balaban J connectivity index is 2.09. The largest absolute Gasteiger partial charge is 0.395 e. The second kappa shape index (κ2) is 5.63. The van der Waals surface area contributed by atoms with Crippen LogP contribution in [-0.4, -0.2) is 40.4 Å². The highest BCUT2D eigenvalue weighted by Crippen LogP contribution is 2.21. The van der Waals surface area contributed by atoms with E-state index in [1.807, 2.05) is 0 Å². The van der Waals surface area contributed by atoms with Crippen molar-refractivity contribution in [3.8, 4) is 0 Å². The van der Waals surface area contributed by atoms with Crippen LogP contribution in [0.5, 0.6) is 0 Å². The summed E-state index contributed by atoms with van der Waals surface area (Å²) in [7, 11) is 0. The standard InChI is InChI=1S/C14H21NO2/c1-2-11-5-3-4-6-12(11)8-15-9-14(17)7-13(15)10-16/h3-6,13-14,16-17H,2,7-10H2,1H3/t13-,14+/m0/s1. The van der Waals surface area contributed by atoms with E-state index in [2.05, 4.69) is 36.1 Å². The van der Waals surface area contributed by atoms with Gasteiger partial charge in [-0.25, -0.2) is 0 Å². The molecule has 0 unspecified atom stereocenters. The van der Waals surface area contributed by atoms with E-state index in [-0.39, 0.29) is 18.8 Å². The molecule has 0 saturated carbocycles. The van der Waals surface area contributed by atoms with Crippen LogP contribution in [0.4, 0.5) is 0 Å². The van der Waals surface area contributed by atoms with Crippen LogP contribution in [0.15, 0.2) is 24.3 Å². The monoisotopic (exact) mass is 235 g/mol. The van der Waals surface area contributed by atoms with Crippen LogP contribution in [0.2, 0.25) is 0 Å². The molecule has 2 atom stereocenters. The van der Waals surface area contributed by atoms with Crippen molar-refractivity contribution >= 4 is 0 Å². The third-order valence-electron chi connectivity index (χ3n) is 3.59. The smallest absolute Gasteiger partial charge is 0.0683 e. The van der Waals surface area contributed by atoms with E-state index in [4.69, 9.17) is 0 Å². The van der Waals surface area contributed by atoms with Crippen LogP contribution in [0.3, 0.4) is 0 Å². The summed E-state index contributed by atoms with van der Waals surface area (Å²) in [4.78, 5) is 2.18. The average Bonchev–Trinajstić information content (AvgIpc) is 2.70. The number of benzene rings is 1. The van der Waals surface area contributed by atoms with Crippen LogP contribution in [0.1, 0.15) is 24.5 Å². The second-order valence-electron chi connectivity index (χ2n) is 4.78. The van der Waals surface area contributed by atoms with Crippen molar-refractivity contribution in [2.45, 2.75) is 38.5 Å². The SMILES string of the molecule is CCc1ccccc1CN1C[C@H](O)C[C@H]1CO. The number of β-amino-alcohol motifs (C(OH)–C–C–N with tert-alkyl or cyclic N) is 1. The molecule has 1 aliphatic rings. The summed E-state index contributed by atoms with van der Waals surface area (Å²) >= 11 is 0. The molecule has 2 N–H and O–H groups in total. The molecule has 3 nitrogen and oxygen atoms in total. The molecule has 1 saturated heterocycles. The number of rotatable bonds is 4. The van der Waals surface area contributed by atoms with Gasteiger partial charge in [-0.1, -0.05) is 31.2 Å². The molecule has 2 rings (SSSR count). The minimum atomic E-state index is -0.291. The molecule has 17 heavy (non-hydrogen) atoms. The lowest BCUT2D eigenvalue weighted by molar-refractivity contribution is 0.149. The molecular formula is C14H21NO2. The first-order valence-corrected chi connectivity index (χ1v) is 6.34. The Morgan fingerprint density at radius 2 is 2.00 bits per heavy atom. The Bertz CT molecular complexity index is 367. The second-order valence-corrected chi connectivity index (χ2v) is 4.78. The zero-order valence-electron chi connectivity index (χ0n) is 10.3. The number of aliphatic hydroxyl groups excluding tert-OH is 2. The van der Waals surface area contributed by atoms with Gasteiger partial charge in [-0.15, -0.1) is 0 Å². The van der Waals surface area contributed by atoms with Crippen molar-refractivity contribution in [2.75, 3.05) is 13.2 Å². The highest BCUT2D eigenvalue weighted by molar-refractivity contribution is 5.27. The fourth-order valence-corrected chi connectivity index (χ4v) is 2.62. The van der Waals surface area contributed by atoms with Crippen molar-refractivity contribution in [2.24, 2.45) is 0 Å². The molecule has 0 aromatic heterocycles. The highest BCUT2D eigenvalue weighted by Gasteiger charge is 2.30. The molecule has 0 spiro atoms. The molecule has 3 heteroatoms. The Morgan fingerprint density at radius 1 is 1.29 bits per heavy atom. The van der Waals surface area contributed by atoms with Crippen LogP contribution >= 0.6 is 0 Å². The lowest BCUT2D eigenvalue weighted by Crippen LogP contribution is -2.32. The maximum absolute atomic E-state index is 9.65. The number of hydrogen-bond acceptors (Lipinski definition) is 3. The van der Waals surface area contributed by atoms with Crippen LogP contribution in [-0.2, 0) is 13.0 Å². The number of aryl methyl sites for hydroxylation is 1. The predicted octanol–water partition coefficient (Wildman–Crippen LogP) is 1.18. The van der Waals surface area contributed by atoms with Crippen molar-refractivity contribution in [3.63, 3.8) is 0 Å². The average molecular weight is 235 g/mol. The maximum atomic E-state index is 9.65. The summed E-state index contributed by atoms with van der Waals surface area (Å²) in [5.41, 5.74) is 2.66. The zero-order valence-corrected chi connectivity index (χ0v) is 10.3. The first-order valence-electron chi connectivity index (χ1n) is 6.34. The minimum absolute atomic E-state index is 0.106. The fourth-order valence-electron chi connectivity index (χ4n) is 2.62. The van der Waals surface area contributed by atoms with Gasteiger partial charge in [0, 0.05) is 19.1 Å². The van der Waals surface area contributed by atoms with E-state index in [0.29, 0.717) is 13.0 Å². The summed E-state index contributed by atoms with van der Waals surface area (Å²) < 4.78 is 0. The lowest BCUT2D eigenvalue weighted by Gasteiger charge is -2.23. The quantitative estimate of drug-likeness (QED) is 0.823. The van der Waals surface area contributed by atoms with Gasteiger partial charge in [0.25, 0.3) is 0 Å². The molecule has 1 aromatic carbocycles. The molecule has 0 bridgehead atoms. The van der Waals surface area contributed by atoms with E-state index >= 15 is 0 Å². The first kappa shape index (κ1) is 12.6. The van der Waals surface area contributed by atoms with E-state index in [1.165, 1.54) is 11.1 Å². The molecule has 1 aromatic rings. The van der Waals surface area contributed by atoms with E-state index in [9.17, 15) is 10.2 Å². The molecule has 1 fully saturated rings. The molecule has 1 heterocycles. The predicted molar refractivity (Wildman–Crippen MR) is 67.7 cm³/mol. The summed E-state index contributed by atoms with van der Waals surface area (Å²) in [5.74, 6) is 0. The van der Waals surface area contributed by atoms with Crippen molar-refractivity contribution in [3.05, 3.63) is 35.4 Å². The minimum Gasteiger partial charge on any atom is -0.395 e. The van der Waals surface area contributed by atoms with Gasteiger partial charge in [-0.3, -0.25) is 4.90 Å². The molecular weight excluding hydrogens is 214 g/mol. The number of likely N-dealkylation sites (tertiary alicyclic amines) is 1. The van der Waals surface area contributed by atoms with Crippen molar-refractivity contribution in [1.82, 2.24) is 4.90 Å². The van der Waals surface area contributed by atoms with Gasteiger partial charge in [0.1, 0.15) is 0 Å². The first-order chi connectivity index (χ1) is 8.24. The zero-order chi connectivity index (χ0) is 12.3. The van der Waals surface area contributed by atoms with Crippen LogP contribution < -0.4 is 0 Å². The van der Waals surface area contributed by atoms with Crippen molar-refractivity contribution in [1.29, 1.82) is 0 Å². The highest BCUT2D eigenvalue weighted by atomic mass is 16.3. The Kier molecular flexibility index (Phi) is 4.15. The van der Waals surface area contributed by atoms with Crippen molar-refractivity contribution < 1.29 is 10.2 Å². The van der Waals surface area contributed by atoms with Crippen LogP contribution in [0.25, 0.3) is 0 Å². The van der Waals surface area contributed by atoms with Gasteiger partial charge < -0.3 is 10.2 Å². The molecule has 1 aliphatic heterocycles. The molecule has 94 valence electrons. The van der Waals surface area contributed by atoms with Gasteiger partial charge in [-0.2, -0.15) is 0 Å². The molecule has 0 radical (unpaired) electrons. The van der Waals surface area contributed by atoms with Gasteiger partial charge in [-0.05, 0) is 24.0 Å². The summed E-state index contributed by atoms with van der Waals surface area (Å²) in [6.45, 7) is 3.78. The fraction of sp³-hybridized carbons (Fsp3) is 0.571. The van der Waals surface area contributed by atoms with Gasteiger partial charge >= 0.3 is 0 Å².